The van der Waals surface area contributed by atoms with Crippen LogP contribution in [0.3, 0.4) is 0 Å². The number of benzene rings is 2. The molecule has 0 bridgehead atoms. The lowest BCUT2D eigenvalue weighted by atomic mass is 10.1. The molecule has 8 heteroatoms. The number of ether oxygens (including phenoxy) is 2. The standard InChI is InChI=1S/C22H21BrFNO4S/c1-22(2,3)29-20(26)11-19-21(27)25(12-13-5-6-14(23)9-16(13)24)17-8-7-15(28-4)10-18(17)30-19/h5-11H,12H2,1-4H3. The van der Waals surface area contributed by atoms with Gasteiger partial charge in [-0.25, -0.2) is 9.18 Å². The molecule has 1 heterocycles. The van der Waals surface area contributed by atoms with Gasteiger partial charge in [-0.1, -0.05) is 33.8 Å². The summed E-state index contributed by atoms with van der Waals surface area (Å²) in [6.45, 7) is 5.27. The van der Waals surface area contributed by atoms with Crippen LogP contribution in [0.1, 0.15) is 26.3 Å². The van der Waals surface area contributed by atoms with E-state index in [1.165, 1.54) is 17.0 Å². The molecule has 1 aliphatic heterocycles. The van der Waals surface area contributed by atoms with Crippen LogP contribution >= 0.6 is 27.7 Å². The number of halogens is 2. The lowest BCUT2D eigenvalue weighted by molar-refractivity contribution is -0.148. The molecule has 0 atom stereocenters. The molecule has 1 aliphatic rings. The minimum atomic E-state index is -0.683. The summed E-state index contributed by atoms with van der Waals surface area (Å²) in [6, 6.07) is 9.95. The molecule has 0 N–H and O–H groups in total. The summed E-state index contributed by atoms with van der Waals surface area (Å²) in [5.74, 6) is -0.824. The molecule has 158 valence electrons. The van der Waals surface area contributed by atoms with Gasteiger partial charge < -0.3 is 14.4 Å². The fourth-order valence-electron chi connectivity index (χ4n) is 2.84. The number of thioether (sulfide) groups is 1. The highest BCUT2D eigenvalue weighted by atomic mass is 79.9. The van der Waals surface area contributed by atoms with Gasteiger partial charge in [0.25, 0.3) is 5.91 Å². The number of methoxy groups -OCH3 is 1. The Morgan fingerprint density at radius 1 is 1.23 bits per heavy atom. The van der Waals surface area contributed by atoms with Crippen LogP contribution in [0.5, 0.6) is 5.75 Å². The van der Waals surface area contributed by atoms with E-state index in [1.807, 2.05) is 0 Å². The van der Waals surface area contributed by atoms with E-state index in [0.717, 1.165) is 16.7 Å². The van der Waals surface area contributed by atoms with Crippen molar-refractivity contribution in [3.63, 3.8) is 0 Å². The molecule has 2 aromatic carbocycles. The van der Waals surface area contributed by atoms with Gasteiger partial charge in [0.15, 0.2) is 0 Å². The second-order valence-corrected chi connectivity index (χ2v) is 9.60. The summed E-state index contributed by atoms with van der Waals surface area (Å²) in [4.78, 5) is 27.9. The van der Waals surface area contributed by atoms with Crippen LogP contribution in [0.4, 0.5) is 10.1 Å². The first-order valence-corrected chi connectivity index (χ1v) is 10.7. The van der Waals surface area contributed by atoms with Crippen molar-refractivity contribution >= 4 is 45.3 Å². The highest BCUT2D eigenvalue weighted by molar-refractivity contribution is 9.10. The van der Waals surface area contributed by atoms with Crippen LogP contribution in [-0.4, -0.2) is 24.6 Å². The largest absolute Gasteiger partial charge is 0.497 e. The van der Waals surface area contributed by atoms with Gasteiger partial charge in [-0.05, 0) is 51.1 Å². The molecular formula is C22H21BrFNO4S. The van der Waals surface area contributed by atoms with E-state index in [2.05, 4.69) is 15.9 Å². The molecule has 0 saturated carbocycles. The molecule has 0 spiro atoms. The number of carbonyl (C=O) groups is 2. The Kier molecular flexibility index (Phi) is 6.57. The van der Waals surface area contributed by atoms with Gasteiger partial charge in [0.1, 0.15) is 17.2 Å². The first-order valence-electron chi connectivity index (χ1n) is 9.14. The van der Waals surface area contributed by atoms with E-state index in [-0.39, 0.29) is 11.4 Å². The monoisotopic (exact) mass is 493 g/mol. The average molecular weight is 494 g/mol. The number of carbonyl (C=O) groups excluding carboxylic acids is 2. The van der Waals surface area contributed by atoms with Gasteiger partial charge >= 0.3 is 5.97 Å². The Labute approximate surface area is 187 Å². The number of rotatable bonds is 4. The maximum absolute atomic E-state index is 14.4. The third-order valence-electron chi connectivity index (χ3n) is 4.13. The van der Waals surface area contributed by atoms with E-state index in [9.17, 15) is 14.0 Å². The predicted molar refractivity (Wildman–Crippen MR) is 118 cm³/mol. The topological polar surface area (TPSA) is 55.8 Å². The van der Waals surface area contributed by atoms with E-state index < -0.39 is 23.3 Å². The predicted octanol–water partition coefficient (Wildman–Crippen LogP) is 5.46. The molecular weight excluding hydrogens is 473 g/mol. The van der Waals surface area contributed by atoms with Crippen molar-refractivity contribution in [3.8, 4) is 5.75 Å². The zero-order chi connectivity index (χ0) is 22.1. The van der Waals surface area contributed by atoms with Crippen LogP contribution in [0.15, 0.2) is 56.7 Å². The van der Waals surface area contributed by atoms with Crippen molar-refractivity contribution in [2.24, 2.45) is 0 Å². The van der Waals surface area contributed by atoms with Crippen LogP contribution in [0, 0.1) is 5.82 Å². The lowest BCUT2D eigenvalue weighted by Gasteiger charge is -2.31. The summed E-state index contributed by atoms with van der Waals surface area (Å²) >= 11 is 4.40. The number of amides is 1. The molecule has 0 saturated heterocycles. The fraction of sp³-hybridized carbons (Fsp3) is 0.273. The molecule has 0 unspecified atom stereocenters. The number of nitrogens with zero attached hydrogens (tertiary/aromatic N) is 1. The summed E-state index contributed by atoms with van der Waals surface area (Å²) in [5.41, 5.74) is 0.295. The average Bonchev–Trinajstić information content (AvgIpc) is 2.64. The van der Waals surface area contributed by atoms with E-state index >= 15 is 0 Å². The van der Waals surface area contributed by atoms with Gasteiger partial charge in [-0.3, -0.25) is 4.79 Å². The molecule has 0 radical (unpaired) electrons. The molecule has 0 aromatic heterocycles. The number of esters is 1. The Morgan fingerprint density at radius 3 is 2.60 bits per heavy atom. The Bertz CT molecular complexity index is 1030. The van der Waals surface area contributed by atoms with Gasteiger partial charge in [0.2, 0.25) is 0 Å². The number of hydrogen-bond acceptors (Lipinski definition) is 5. The van der Waals surface area contributed by atoms with Crippen molar-refractivity contribution < 1.29 is 23.5 Å². The van der Waals surface area contributed by atoms with Gasteiger partial charge in [-0.15, -0.1) is 0 Å². The van der Waals surface area contributed by atoms with Crippen LogP contribution in [0.2, 0.25) is 0 Å². The van der Waals surface area contributed by atoms with Crippen LogP contribution < -0.4 is 9.64 Å². The maximum atomic E-state index is 14.4. The van der Waals surface area contributed by atoms with Crippen molar-refractivity contribution in [2.75, 3.05) is 12.0 Å². The summed E-state index contributed by atoms with van der Waals surface area (Å²) in [7, 11) is 1.55. The number of anilines is 1. The number of fused-ring (bicyclic) bond motifs is 1. The highest BCUT2D eigenvalue weighted by Gasteiger charge is 2.31. The fourth-order valence-corrected chi connectivity index (χ4v) is 4.22. The second kappa shape index (κ2) is 8.81. The normalized spacial score (nSPS) is 15.2. The van der Waals surface area contributed by atoms with Crippen molar-refractivity contribution in [1.29, 1.82) is 0 Å². The Hall–Kier alpha value is -2.32. The van der Waals surface area contributed by atoms with Gasteiger partial charge in [-0.2, -0.15) is 0 Å². The molecule has 1 amide bonds. The molecule has 5 nitrogen and oxygen atoms in total. The third kappa shape index (κ3) is 5.23. The smallest absolute Gasteiger partial charge is 0.332 e. The lowest BCUT2D eigenvalue weighted by Crippen LogP contribution is -2.34. The van der Waals surface area contributed by atoms with Crippen molar-refractivity contribution in [2.45, 2.75) is 37.8 Å². The van der Waals surface area contributed by atoms with E-state index in [4.69, 9.17) is 9.47 Å². The minimum absolute atomic E-state index is 0.0174. The van der Waals surface area contributed by atoms with E-state index in [1.54, 1.807) is 58.2 Å². The van der Waals surface area contributed by atoms with Crippen molar-refractivity contribution in [1.82, 2.24) is 0 Å². The quantitative estimate of drug-likeness (QED) is 0.418. The first-order chi connectivity index (χ1) is 14.1. The molecule has 0 aliphatic carbocycles. The molecule has 0 fully saturated rings. The van der Waals surface area contributed by atoms with Gasteiger partial charge in [0, 0.05) is 21.0 Å². The number of hydrogen-bond donors (Lipinski definition) is 0. The molecule has 3 rings (SSSR count). The summed E-state index contributed by atoms with van der Waals surface area (Å²) in [5, 5.41) is 0. The van der Waals surface area contributed by atoms with Crippen LogP contribution in [-0.2, 0) is 20.9 Å². The van der Waals surface area contributed by atoms with Gasteiger partial charge in [0.05, 0.1) is 24.2 Å². The zero-order valence-corrected chi connectivity index (χ0v) is 19.4. The summed E-state index contributed by atoms with van der Waals surface area (Å²) < 4.78 is 25.6. The van der Waals surface area contributed by atoms with E-state index in [0.29, 0.717) is 21.5 Å². The minimum Gasteiger partial charge on any atom is -0.497 e. The Morgan fingerprint density at radius 2 is 1.97 bits per heavy atom. The zero-order valence-electron chi connectivity index (χ0n) is 17.0. The Balaban J connectivity index is 2.01. The second-order valence-electron chi connectivity index (χ2n) is 7.60. The third-order valence-corrected chi connectivity index (χ3v) is 5.69. The maximum Gasteiger partial charge on any atom is 0.332 e. The summed E-state index contributed by atoms with van der Waals surface area (Å²) in [6.07, 6.45) is 1.19. The van der Waals surface area contributed by atoms with Crippen LogP contribution in [0.25, 0.3) is 0 Å². The van der Waals surface area contributed by atoms with Crippen molar-refractivity contribution in [3.05, 3.63) is 63.2 Å². The highest BCUT2D eigenvalue weighted by Crippen LogP contribution is 2.44. The first kappa shape index (κ1) is 22.4. The molecule has 30 heavy (non-hydrogen) atoms. The SMILES string of the molecule is COc1ccc2c(c1)SC(=CC(=O)OC(C)(C)C)C(=O)N2Cc1ccc(Br)cc1F. The molecule has 2 aromatic rings.